The Morgan fingerprint density at radius 2 is 1.36 bits per heavy atom. The molecule has 0 aliphatic rings. The molecule has 0 bridgehead atoms. The van der Waals surface area contributed by atoms with Crippen molar-refractivity contribution in [2.24, 2.45) is 0 Å². The van der Waals surface area contributed by atoms with Gasteiger partial charge in [-0.25, -0.2) is 0 Å². The quantitative estimate of drug-likeness (QED) is 0.485. The van der Waals surface area contributed by atoms with Crippen LogP contribution in [0.1, 0.15) is 98.3 Å². The Morgan fingerprint density at radius 1 is 0.773 bits per heavy atom. The van der Waals surface area contributed by atoms with Gasteiger partial charge in [0.2, 0.25) is 0 Å². The molecule has 0 aliphatic carbocycles. The van der Waals surface area contributed by atoms with Crippen molar-refractivity contribution >= 4 is 22.7 Å². The lowest BCUT2D eigenvalue weighted by Crippen LogP contribution is -1.96. The van der Waals surface area contributed by atoms with Crippen LogP contribution in [0.3, 0.4) is 0 Å². The van der Waals surface area contributed by atoms with Crippen molar-refractivity contribution in [3.05, 3.63) is 43.8 Å². The number of hydrogen-bond acceptors (Lipinski definition) is 2. The summed E-state index contributed by atoms with van der Waals surface area (Å²) in [4.78, 5) is 4.60. The molecule has 0 radical (unpaired) electrons. The summed E-state index contributed by atoms with van der Waals surface area (Å²) in [6.45, 7) is 13.9. The zero-order valence-electron chi connectivity index (χ0n) is 14.8. The third-order valence-electron chi connectivity index (χ3n) is 4.51. The van der Waals surface area contributed by atoms with Crippen LogP contribution in [-0.2, 0) is 0 Å². The van der Waals surface area contributed by atoms with E-state index in [2.05, 4.69) is 65.1 Å². The van der Waals surface area contributed by atoms with Crippen molar-refractivity contribution in [2.45, 2.75) is 78.1 Å². The van der Waals surface area contributed by atoms with Gasteiger partial charge in [0.25, 0.3) is 0 Å². The smallest absolute Gasteiger partial charge is 0.00764 e. The molecule has 0 amide bonds. The summed E-state index contributed by atoms with van der Waals surface area (Å²) in [6, 6.07) is 7.09. The summed E-state index contributed by atoms with van der Waals surface area (Å²) in [5, 5.41) is 2.37. The Bertz CT molecular complexity index is 522. The molecular weight excluding hydrogens is 304 g/mol. The largest absolute Gasteiger partial charge is 0.148 e. The van der Waals surface area contributed by atoms with Crippen molar-refractivity contribution in [3.63, 3.8) is 0 Å². The zero-order valence-corrected chi connectivity index (χ0v) is 16.5. The monoisotopic (exact) mass is 334 g/mol. The highest BCUT2D eigenvalue weighted by Crippen LogP contribution is 2.35. The standard InChI is InChI=1S/C20H30S2/c1-13(2)18-9-10-19(22-18)16(6)8-7-15(5)17-11-20(14(3)4)21-12-17/h9-16H,7-8H2,1-6H3. The molecule has 2 aromatic rings. The lowest BCUT2D eigenvalue weighted by Gasteiger charge is -2.14. The molecule has 22 heavy (non-hydrogen) atoms. The van der Waals surface area contributed by atoms with Gasteiger partial charge in [0.05, 0.1) is 0 Å². The number of thiophene rings is 2. The minimum Gasteiger partial charge on any atom is -0.148 e. The molecule has 2 atom stereocenters. The van der Waals surface area contributed by atoms with E-state index in [0.717, 1.165) is 0 Å². The second-order valence-corrected chi connectivity index (χ2v) is 9.30. The first-order valence-electron chi connectivity index (χ1n) is 8.56. The maximum Gasteiger partial charge on any atom is 0.00764 e. The van der Waals surface area contributed by atoms with E-state index in [1.807, 2.05) is 22.7 Å². The Morgan fingerprint density at radius 3 is 1.91 bits per heavy atom. The minimum atomic E-state index is 0.658. The van der Waals surface area contributed by atoms with Gasteiger partial charge in [0.15, 0.2) is 0 Å². The second-order valence-electron chi connectivity index (χ2n) is 7.21. The fourth-order valence-corrected chi connectivity index (χ4v) is 4.83. The first kappa shape index (κ1) is 17.7. The Balaban J connectivity index is 1.90. The van der Waals surface area contributed by atoms with Crippen LogP contribution in [0.5, 0.6) is 0 Å². The highest BCUT2D eigenvalue weighted by atomic mass is 32.1. The number of hydrogen-bond donors (Lipinski definition) is 0. The van der Waals surface area contributed by atoms with Gasteiger partial charge in [-0.15, -0.1) is 22.7 Å². The molecular formula is C20H30S2. The van der Waals surface area contributed by atoms with Gasteiger partial charge in [0.1, 0.15) is 0 Å². The van der Waals surface area contributed by atoms with Crippen molar-refractivity contribution in [1.29, 1.82) is 0 Å². The topological polar surface area (TPSA) is 0 Å². The molecule has 122 valence electrons. The van der Waals surface area contributed by atoms with Gasteiger partial charge in [-0.05, 0) is 65.7 Å². The number of rotatable bonds is 7. The molecule has 2 aromatic heterocycles. The van der Waals surface area contributed by atoms with Crippen molar-refractivity contribution in [2.75, 3.05) is 0 Å². The van der Waals surface area contributed by atoms with Gasteiger partial charge < -0.3 is 0 Å². The summed E-state index contributed by atoms with van der Waals surface area (Å²) in [7, 11) is 0. The minimum absolute atomic E-state index is 0.658. The maximum absolute atomic E-state index is 2.42. The third-order valence-corrected chi connectivity index (χ3v) is 7.38. The second kappa shape index (κ2) is 7.79. The predicted molar refractivity (Wildman–Crippen MR) is 103 cm³/mol. The van der Waals surface area contributed by atoms with Crippen molar-refractivity contribution < 1.29 is 0 Å². The average molecular weight is 335 g/mol. The molecule has 0 saturated carbocycles. The molecule has 0 nitrogen and oxygen atoms in total. The summed E-state index contributed by atoms with van der Waals surface area (Å²) in [5.74, 6) is 2.68. The molecule has 2 rings (SSSR count). The van der Waals surface area contributed by atoms with E-state index < -0.39 is 0 Å². The normalized spacial score (nSPS) is 14.7. The summed E-state index contributed by atoms with van der Waals surface area (Å²) < 4.78 is 0. The highest BCUT2D eigenvalue weighted by Gasteiger charge is 2.14. The Hall–Kier alpha value is -0.600. The van der Waals surface area contributed by atoms with E-state index >= 15 is 0 Å². The fraction of sp³-hybridized carbons (Fsp3) is 0.600. The van der Waals surface area contributed by atoms with E-state index in [9.17, 15) is 0 Å². The average Bonchev–Trinajstić information content (AvgIpc) is 3.12. The van der Waals surface area contributed by atoms with Crippen LogP contribution < -0.4 is 0 Å². The SMILES string of the molecule is CC(C)c1cc(C(C)CCC(C)c2ccc(C(C)C)s2)cs1. The molecule has 0 aliphatic heterocycles. The van der Waals surface area contributed by atoms with Crippen LogP contribution in [0, 0.1) is 0 Å². The van der Waals surface area contributed by atoms with Gasteiger partial charge in [0, 0.05) is 14.6 Å². The van der Waals surface area contributed by atoms with Crippen LogP contribution >= 0.6 is 22.7 Å². The molecule has 0 spiro atoms. The first-order chi connectivity index (χ1) is 10.4. The van der Waals surface area contributed by atoms with E-state index in [-0.39, 0.29) is 0 Å². The van der Waals surface area contributed by atoms with E-state index in [1.54, 1.807) is 4.88 Å². The molecule has 2 heterocycles. The van der Waals surface area contributed by atoms with Crippen LogP contribution in [0.15, 0.2) is 23.6 Å². The lowest BCUT2D eigenvalue weighted by atomic mass is 9.93. The zero-order chi connectivity index (χ0) is 16.3. The van der Waals surface area contributed by atoms with Gasteiger partial charge in [-0.1, -0.05) is 41.5 Å². The van der Waals surface area contributed by atoms with Gasteiger partial charge in [-0.2, -0.15) is 0 Å². The van der Waals surface area contributed by atoms with Gasteiger partial charge >= 0.3 is 0 Å². The Kier molecular flexibility index (Phi) is 6.28. The van der Waals surface area contributed by atoms with E-state index in [1.165, 1.54) is 28.2 Å². The molecule has 0 saturated heterocycles. The molecule has 2 heteroatoms. The molecule has 0 N–H and O–H groups in total. The Labute approximate surface area is 144 Å². The van der Waals surface area contributed by atoms with Crippen LogP contribution in [0.2, 0.25) is 0 Å². The van der Waals surface area contributed by atoms with Crippen LogP contribution in [-0.4, -0.2) is 0 Å². The molecule has 2 unspecified atom stereocenters. The van der Waals surface area contributed by atoms with Crippen molar-refractivity contribution in [3.8, 4) is 0 Å². The lowest BCUT2D eigenvalue weighted by molar-refractivity contribution is 0.579. The summed E-state index contributed by atoms with van der Waals surface area (Å²) in [5.41, 5.74) is 1.54. The summed E-state index contributed by atoms with van der Waals surface area (Å²) in [6.07, 6.45) is 2.57. The van der Waals surface area contributed by atoms with Crippen LogP contribution in [0.25, 0.3) is 0 Å². The third kappa shape index (κ3) is 4.45. The van der Waals surface area contributed by atoms with Crippen molar-refractivity contribution in [1.82, 2.24) is 0 Å². The summed E-state index contributed by atoms with van der Waals surface area (Å²) >= 11 is 3.93. The molecule has 0 aromatic carbocycles. The predicted octanol–water partition coefficient (Wildman–Crippen LogP) is 7.74. The first-order valence-corrected chi connectivity index (χ1v) is 10.3. The highest BCUT2D eigenvalue weighted by molar-refractivity contribution is 7.12. The molecule has 0 fully saturated rings. The van der Waals surface area contributed by atoms with Crippen LogP contribution in [0.4, 0.5) is 0 Å². The van der Waals surface area contributed by atoms with Gasteiger partial charge in [-0.3, -0.25) is 0 Å². The maximum atomic E-state index is 2.42. The van der Waals surface area contributed by atoms with E-state index in [4.69, 9.17) is 0 Å². The van der Waals surface area contributed by atoms with E-state index in [0.29, 0.717) is 23.7 Å². The fourth-order valence-electron chi connectivity index (χ4n) is 2.68.